The lowest BCUT2D eigenvalue weighted by Gasteiger charge is -2.20. The van der Waals surface area contributed by atoms with Gasteiger partial charge in [-0.3, -0.25) is 4.79 Å². The lowest BCUT2D eigenvalue weighted by Crippen LogP contribution is -2.33. The largest absolute Gasteiger partial charge is 0.497 e. The molecule has 1 fully saturated rings. The molecule has 1 aliphatic carbocycles. The topological polar surface area (TPSA) is 67.8 Å². The minimum atomic E-state index is -0.848. The summed E-state index contributed by atoms with van der Waals surface area (Å²) in [4.78, 5) is 12.7. The Balaban J connectivity index is 1.68. The van der Waals surface area contributed by atoms with Gasteiger partial charge in [0.15, 0.2) is 0 Å². The Kier molecular flexibility index (Phi) is 5.28. The molecule has 5 heteroatoms. The van der Waals surface area contributed by atoms with Gasteiger partial charge in [0, 0.05) is 0 Å². The van der Waals surface area contributed by atoms with E-state index in [4.69, 9.17) is 9.47 Å². The summed E-state index contributed by atoms with van der Waals surface area (Å²) in [5, 5.41) is 13.5. The fourth-order valence-electron chi connectivity index (χ4n) is 2.89. The van der Waals surface area contributed by atoms with Crippen molar-refractivity contribution >= 4 is 17.7 Å². The van der Waals surface area contributed by atoms with Crippen molar-refractivity contribution in [1.29, 1.82) is 0 Å². The second-order valence-corrected chi connectivity index (χ2v) is 6.39. The number of nitrogens with one attached hydrogen (secondary N) is 1. The van der Waals surface area contributed by atoms with Gasteiger partial charge in [-0.15, -0.1) is 0 Å². The molecule has 1 aliphatic rings. The summed E-state index contributed by atoms with van der Waals surface area (Å²) >= 11 is 0. The van der Waals surface area contributed by atoms with Gasteiger partial charge in [-0.05, 0) is 42.7 Å². The zero-order valence-corrected chi connectivity index (χ0v) is 14.9. The van der Waals surface area contributed by atoms with Crippen LogP contribution in [-0.4, -0.2) is 31.3 Å². The summed E-state index contributed by atoms with van der Waals surface area (Å²) in [5.41, 5.74) is 0.771. The third-order valence-electron chi connectivity index (χ3n) is 4.75. The predicted octanol–water partition coefficient (Wildman–Crippen LogP) is 3.50. The molecule has 0 aliphatic heterocycles. The van der Waals surface area contributed by atoms with Gasteiger partial charge in [-0.1, -0.05) is 36.4 Å². The van der Waals surface area contributed by atoms with Crippen molar-refractivity contribution in [2.24, 2.45) is 5.41 Å². The highest BCUT2D eigenvalue weighted by molar-refractivity contribution is 5.99. The first-order chi connectivity index (χ1) is 12.6. The number of aliphatic hydroxyl groups excluding tert-OH is 1. The molecule has 1 atom stereocenters. The van der Waals surface area contributed by atoms with Crippen LogP contribution in [0.3, 0.4) is 0 Å². The van der Waals surface area contributed by atoms with E-state index in [1.54, 1.807) is 32.4 Å². The van der Waals surface area contributed by atoms with Gasteiger partial charge < -0.3 is 19.9 Å². The Morgan fingerprint density at radius 3 is 2.42 bits per heavy atom. The van der Waals surface area contributed by atoms with Crippen LogP contribution in [-0.2, 0) is 4.79 Å². The normalized spacial score (nSPS) is 16.1. The van der Waals surface area contributed by atoms with Crippen LogP contribution in [0.15, 0.2) is 54.6 Å². The smallest absolute Gasteiger partial charge is 0.233 e. The first-order valence-electron chi connectivity index (χ1n) is 8.54. The Hall–Kier alpha value is -2.79. The second kappa shape index (κ2) is 7.62. The minimum absolute atomic E-state index is 0.186. The van der Waals surface area contributed by atoms with Crippen LogP contribution in [0, 0.1) is 5.41 Å². The number of hydrogen-bond acceptors (Lipinski definition) is 4. The quantitative estimate of drug-likeness (QED) is 0.799. The number of ether oxygens (including phenoxy) is 2. The van der Waals surface area contributed by atoms with Crippen LogP contribution in [0.5, 0.6) is 11.5 Å². The Morgan fingerprint density at radius 1 is 1.12 bits per heavy atom. The molecule has 26 heavy (non-hydrogen) atoms. The van der Waals surface area contributed by atoms with Crippen molar-refractivity contribution in [1.82, 2.24) is 0 Å². The summed E-state index contributed by atoms with van der Waals surface area (Å²) in [6, 6.07) is 14.8. The van der Waals surface area contributed by atoms with E-state index in [1.165, 1.54) is 0 Å². The third kappa shape index (κ3) is 3.73. The standard InChI is InChI=1S/C21H23NO4/c1-25-16-10-7-15(8-11-16)9-12-19(23)21(13-14-21)20(24)22-17-5-3-4-6-18(17)26-2/h3-12,19,23H,13-14H2,1-2H3,(H,22,24)/b12-9+. The van der Waals surface area contributed by atoms with Crippen molar-refractivity contribution in [3.63, 3.8) is 0 Å². The number of amides is 1. The fourth-order valence-corrected chi connectivity index (χ4v) is 2.89. The SMILES string of the molecule is COc1ccc(/C=C/C(O)C2(C(=O)Nc3ccccc3OC)CC2)cc1. The minimum Gasteiger partial charge on any atom is -0.497 e. The van der Waals surface area contributed by atoms with Gasteiger partial charge in [-0.2, -0.15) is 0 Å². The molecule has 3 rings (SSSR count). The molecular weight excluding hydrogens is 330 g/mol. The molecule has 2 aromatic rings. The van der Waals surface area contributed by atoms with Crippen LogP contribution in [0.2, 0.25) is 0 Å². The molecule has 0 saturated heterocycles. The van der Waals surface area contributed by atoms with Gasteiger partial charge >= 0.3 is 0 Å². The number of benzene rings is 2. The number of hydrogen-bond donors (Lipinski definition) is 2. The van der Waals surface area contributed by atoms with Gasteiger partial charge in [-0.25, -0.2) is 0 Å². The number of carbonyl (C=O) groups excluding carboxylic acids is 1. The van der Waals surface area contributed by atoms with E-state index in [-0.39, 0.29) is 5.91 Å². The molecule has 5 nitrogen and oxygen atoms in total. The van der Waals surface area contributed by atoms with Crippen LogP contribution in [0.4, 0.5) is 5.69 Å². The van der Waals surface area contributed by atoms with E-state index >= 15 is 0 Å². The van der Waals surface area contributed by atoms with Crippen molar-refractivity contribution < 1.29 is 19.4 Å². The highest BCUT2D eigenvalue weighted by Crippen LogP contribution is 2.50. The number of rotatable bonds is 7. The molecule has 0 radical (unpaired) electrons. The molecule has 0 spiro atoms. The summed E-state index contributed by atoms with van der Waals surface area (Å²) in [6.45, 7) is 0. The second-order valence-electron chi connectivity index (χ2n) is 6.39. The number of anilines is 1. The summed E-state index contributed by atoms with van der Waals surface area (Å²) in [5.74, 6) is 1.19. The van der Waals surface area contributed by atoms with E-state index in [0.29, 0.717) is 24.3 Å². The Bertz CT molecular complexity index is 794. The average Bonchev–Trinajstić information content (AvgIpc) is 3.49. The van der Waals surface area contributed by atoms with Crippen LogP contribution in [0.25, 0.3) is 6.08 Å². The van der Waals surface area contributed by atoms with Crippen molar-refractivity contribution in [2.75, 3.05) is 19.5 Å². The maximum absolute atomic E-state index is 12.7. The molecule has 136 valence electrons. The molecule has 2 aromatic carbocycles. The molecule has 2 N–H and O–H groups in total. The first kappa shape index (κ1) is 18.0. The van der Waals surface area contributed by atoms with Gasteiger partial charge in [0.2, 0.25) is 5.91 Å². The van der Waals surface area contributed by atoms with Crippen molar-refractivity contribution in [3.05, 3.63) is 60.2 Å². The summed E-state index contributed by atoms with van der Waals surface area (Å²) in [7, 11) is 3.18. The van der Waals surface area contributed by atoms with Crippen molar-refractivity contribution in [2.45, 2.75) is 18.9 Å². The predicted molar refractivity (Wildman–Crippen MR) is 101 cm³/mol. The molecule has 0 bridgehead atoms. The van der Waals surface area contributed by atoms with E-state index in [9.17, 15) is 9.90 Å². The third-order valence-corrected chi connectivity index (χ3v) is 4.75. The number of para-hydroxylation sites is 2. The van der Waals surface area contributed by atoms with E-state index in [0.717, 1.165) is 11.3 Å². The Labute approximate surface area is 153 Å². The Morgan fingerprint density at radius 2 is 1.81 bits per heavy atom. The highest BCUT2D eigenvalue weighted by Gasteiger charge is 2.54. The van der Waals surface area contributed by atoms with E-state index < -0.39 is 11.5 Å². The van der Waals surface area contributed by atoms with Crippen molar-refractivity contribution in [3.8, 4) is 11.5 Å². The van der Waals surface area contributed by atoms with Crippen LogP contribution < -0.4 is 14.8 Å². The van der Waals surface area contributed by atoms with Gasteiger partial charge in [0.1, 0.15) is 11.5 Å². The monoisotopic (exact) mass is 353 g/mol. The average molecular weight is 353 g/mol. The lowest BCUT2D eigenvalue weighted by atomic mass is 9.96. The fraction of sp³-hybridized carbons (Fsp3) is 0.286. The van der Waals surface area contributed by atoms with Crippen LogP contribution in [0.1, 0.15) is 18.4 Å². The summed E-state index contributed by atoms with van der Waals surface area (Å²) in [6.07, 6.45) is 3.96. The lowest BCUT2D eigenvalue weighted by molar-refractivity contribution is -0.124. The van der Waals surface area contributed by atoms with E-state index in [2.05, 4.69) is 5.32 Å². The molecule has 0 aromatic heterocycles. The van der Waals surface area contributed by atoms with Gasteiger partial charge in [0.25, 0.3) is 0 Å². The molecular formula is C21H23NO4. The van der Waals surface area contributed by atoms with Gasteiger partial charge in [0.05, 0.1) is 31.4 Å². The molecule has 1 saturated carbocycles. The zero-order valence-electron chi connectivity index (χ0n) is 14.9. The summed E-state index contributed by atoms with van der Waals surface area (Å²) < 4.78 is 10.4. The number of aliphatic hydroxyl groups is 1. The maximum atomic E-state index is 12.7. The molecule has 1 amide bonds. The maximum Gasteiger partial charge on any atom is 0.233 e. The zero-order chi connectivity index (χ0) is 18.6. The number of carbonyl (C=O) groups is 1. The molecule has 0 heterocycles. The van der Waals surface area contributed by atoms with Crippen LogP contribution >= 0.6 is 0 Å². The highest BCUT2D eigenvalue weighted by atomic mass is 16.5. The molecule has 1 unspecified atom stereocenters. The first-order valence-corrected chi connectivity index (χ1v) is 8.54. The number of methoxy groups -OCH3 is 2. The van der Waals surface area contributed by atoms with E-state index in [1.807, 2.05) is 42.5 Å².